The zero-order valence-corrected chi connectivity index (χ0v) is 16.8. The van der Waals surface area contributed by atoms with Crippen LogP contribution >= 0.6 is 0 Å². The van der Waals surface area contributed by atoms with E-state index in [2.05, 4.69) is 40.3 Å². The largest absolute Gasteiger partial charge is 0.493 e. The molecule has 2 aromatic carbocycles. The van der Waals surface area contributed by atoms with Gasteiger partial charge < -0.3 is 24.3 Å². The average Bonchev–Trinajstić information content (AvgIpc) is 3.36. The van der Waals surface area contributed by atoms with Crippen LogP contribution in [0.15, 0.2) is 45.6 Å². The summed E-state index contributed by atoms with van der Waals surface area (Å²) < 4.78 is 10.7. The molecule has 5 rings (SSSR count). The zero-order valence-electron chi connectivity index (χ0n) is 16.8. The summed E-state index contributed by atoms with van der Waals surface area (Å²) in [4.78, 5) is 30.9. The van der Waals surface area contributed by atoms with Crippen LogP contribution < -0.4 is 20.7 Å². The van der Waals surface area contributed by atoms with Crippen molar-refractivity contribution < 1.29 is 13.9 Å². The van der Waals surface area contributed by atoms with Crippen LogP contribution in [-0.4, -0.2) is 54.6 Å². The number of H-pyrrole nitrogens is 1. The van der Waals surface area contributed by atoms with Crippen molar-refractivity contribution in [1.82, 2.24) is 9.88 Å². The van der Waals surface area contributed by atoms with Gasteiger partial charge in [0.25, 0.3) is 0 Å². The van der Waals surface area contributed by atoms with Crippen molar-refractivity contribution in [2.75, 3.05) is 43.0 Å². The van der Waals surface area contributed by atoms with Gasteiger partial charge in [0.05, 0.1) is 18.7 Å². The third-order valence-corrected chi connectivity index (χ3v) is 5.85. The molecule has 30 heavy (non-hydrogen) atoms. The lowest BCUT2D eigenvalue weighted by Gasteiger charge is -2.41. The van der Waals surface area contributed by atoms with Gasteiger partial charge in [0.1, 0.15) is 5.75 Å². The van der Waals surface area contributed by atoms with Crippen molar-refractivity contribution in [2.45, 2.75) is 19.4 Å². The second-order valence-electron chi connectivity index (χ2n) is 7.85. The highest BCUT2D eigenvalue weighted by molar-refractivity contribution is 5.83. The van der Waals surface area contributed by atoms with Gasteiger partial charge in [-0.05, 0) is 42.8 Å². The van der Waals surface area contributed by atoms with E-state index in [0.717, 1.165) is 31.0 Å². The predicted octanol–water partition coefficient (Wildman–Crippen LogP) is 2.21. The lowest BCUT2D eigenvalue weighted by atomic mass is 10.1. The molecule has 0 spiro atoms. The Balaban J connectivity index is 1.19. The van der Waals surface area contributed by atoms with Crippen molar-refractivity contribution in [3.8, 4) is 5.75 Å². The fourth-order valence-corrected chi connectivity index (χ4v) is 4.26. The maximum absolute atomic E-state index is 12.7. The number of nitrogens with one attached hydrogen (secondary N) is 2. The lowest BCUT2D eigenvalue weighted by Crippen LogP contribution is -2.54. The molecule has 0 saturated carbocycles. The molecule has 156 valence electrons. The summed E-state index contributed by atoms with van der Waals surface area (Å²) >= 11 is 0. The molecule has 3 aromatic rings. The number of rotatable bonds is 4. The minimum absolute atomic E-state index is 0.0551. The van der Waals surface area contributed by atoms with Gasteiger partial charge in [0, 0.05) is 49.5 Å². The average molecular weight is 408 g/mol. The Morgan fingerprint density at radius 2 is 2.13 bits per heavy atom. The second kappa shape index (κ2) is 7.44. The molecule has 1 saturated heterocycles. The van der Waals surface area contributed by atoms with Gasteiger partial charge in [0.2, 0.25) is 5.91 Å². The van der Waals surface area contributed by atoms with Crippen molar-refractivity contribution in [2.24, 2.45) is 0 Å². The van der Waals surface area contributed by atoms with Crippen LogP contribution in [0.3, 0.4) is 0 Å². The Kier molecular flexibility index (Phi) is 4.61. The van der Waals surface area contributed by atoms with Gasteiger partial charge >= 0.3 is 5.76 Å². The Morgan fingerprint density at radius 3 is 3.00 bits per heavy atom. The number of aromatic amines is 1. The first-order valence-corrected chi connectivity index (χ1v) is 10.2. The van der Waals surface area contributed by atoms with E-state index in [4.69, 9.17) is 9.15 Å². The molecule has 1 aromatic heterocycles. The number of anilines is 2. The number of ether oxygens (including phenoxy) is 1. The van der Waals surface area contributed by atoms with E-state index in [1.165, 1.54) is 11.3 Å². The Morgan fingerprint density at radius 1 is 1.23 bits per heavy atom. The topological polar surface area (TPSA) is 90.8 Å². The monoisotopic (exact) mass is 408 g/mol. The molecule has 8 nitrogen and oxygen atoms in total. The molecule has 8 heteroatoms. The van der Waals surface area contributed by atoms with Crippen LogP contribution in [0.1, 0.15) is 12.5 Å². The smallest absolute Gasteiger partial charge is 0.417 e. The third-order valence-electron chi connectivity index (χ3n) is 5.85. The number of piperazine rings is 1. The molecule has 1 atom stereocenters. The molecule has 2 N–H and O–H groups in total. The predicted molar refractivity (Wildman–Crippen MR) is 114 cm³/mol. The van der Waals surface area contributed by atoms with E-state index in [1.807, 2.05) is 11.0 Å². The minimum Gasteiger partial charge on any atom is -0.493 e. The van der Waals surface area contributed by atoms with Crippen molar-refractivity contribution in [3.05, 3.63) is 52.5 Å². The first-order valence-electron chi connectivity index (χ1n) is 10.2. The first kappa shape index (κ1) is 18.6. The fraction of sp³-hybridized carbons (Fsp3) is 0.364. The Hall–Kier alpha value is -3.42. The molecule has 0 unspecified atom stereocenters. The third kappa shape index (κ3) is 3.49. The lowest BCUT2D eigenvalue weighted by molar-refractivity contribution is -0.130. The number of fused-ring (bicyclic) bond motifs is 2. The number of nitrogens with zero attached hydrogens (tertiary/aromatic N) is 2. The molecular formula is C22H24N4O4. The number of amides is 1. The molecular weight excluding hydrogens is 384 g/mol. The van der Waals surface area contributed by atoms with E-state index in [9.17, 15) is 9.59 Å². The number of oxazole rings is 1. The van der Waals surface area contributed by atoms with Crippen LogP contribution in [0.2, 0.25) is 0 Å². The van der Waals surface area contributed by atoms with Crippen LogP contribution in [0, 0.1) is 0 Å². The number of benzene rings is 2. The quantitative estimate of drug-likeness (QED) is 0.688. The van der Waals surface area contributed by atoms with E-state index >= 15 is 0 Å². The maximum Gasteiger partial charge on any atom is 0.417 e. The summed E-state index contributed by atoms with van der Waals surface area (Å²) in [5.41, 5.74) is 4.31. The second-order valence-corrected chi connectivity index (χ2v) is 7.85. The minimum atomic E-state index is -0.485. The number of hydrogen-bond acceptors (Lipinski definition) is 6. The van der Waals surface area contributed by atoms with Gasteiger partial charge in [-0.25, -0.2) is 4.79 Å². The summed E-state index contributed by atoms with van der Waals surface area (Å²) in [5, 5.41) is 3.13. The summed E-state index contributed by atoms with van der Waals surface area (Å²) in [5.74, 6) is 0.559. The molecule has 3 heterocycles. The number of hydrogen-bond donors (Lipinski definition) is 2. The summed E-state index contributed by atoms with van der Waals surface area (Å²) in [6, 6.07) is 11.9. The fourth-order valence-electron chi connectivity index (χ4n) is 4.26. The van der Waals surface area contributed by atoms with E-state index in [1.54, 1.807) is 12.1 Å². The number of carbonyl (C=O) groups excluding carboxylic acids is 1. The SMILES string of the molecule is C[C@@H]1CN(C(=O)CNc2ccc3[nH]c(=O)oc3c2)CCN1c1ccc2c(c1)CCO2. The van der Waals surface area contributed by atoms with E-state index in [0.29, 0.717) is 24.2 Å². The van der Waals surface area contributed by atoms with E-state index < -0.39 is 5.76 Å². The molecule has 0 bridgehead atoms. The molecule has 0 aliphatic carbocycles. The van der Waals surface area contributed by atoms with Crippen LogP contribution in [0.25, 0.3) is 11.1 Å². The van der Waals surface area contributed by atoms with Gasteiger partial charge in [0.15, 0.2) is 5.58 Å². The number of carbonyl (C=O) groups is 1. The summed E-state index contributed by atoms with van der Waals surface area (Å²) in [7, 11) is 0. The van der Waals surface area contributed by atoms with Crippen LogP contribution in [-0.2, 0) is 11.2 Å². The van der Waals surface area contributed by atoms with Crippen LogP contribution in [0.4, 0.5) is 11.4 Å². The maximum atomic E-state index is 12.7. The van der Waals surface area contributed by atoms with Gasteiger partial charge in [-0.15, -0.1) is 0 Å². The van der Waals surface area contributed by atoms with Gasteiger partial charge in [-0.2, -0.15) is 0 Å². The van der Waals surface area contributed by atoms with Crippen molar-refractivity contribution in [1.29, 1.82) is 0 Å². The van der Waals surface area contributed by atoms with Crippen LogP contribution in [0.5, 0.6) is 5.75 Å². The molecule has 1 amide bonds. The Bertz CT molecular complexity index is 1150. The highest BCUT2D eigenvalue weighted by Crippen LogP contribution is 2.31. The highest BCUT2D eigenvalue weighted by atomic mass is 16.5. The summed E-state index contributed by atoms with van der Waals surface area (Å²) in [6.07, 6.45) is 0.958. The van der Waals surface area contributed by atoms with Crippen molar-refractivity contribution >= 4 is 28.4 Å². The summed E-state index contributed by atoms with van der Waals surface area (Å²) in [6.45, 7) is 5.27. The number of aromatic nitrogens is 1. The molecule has 0 radical (unpaired) electrons. The van der Waals surface area contributed by atoms with Gasteiger partial charge in [-0.3, -0.25) is 9.78 Å². The molecule has 2 aliphatic heterocycles. The van der Waals surface area contributed by atoms with Gasteiger partial charge in [-0.1, -0.05) is 0 Å². The highest BCUT2D eigenvalue weighted by Gasteiger charge is 2.27. The first-order chi connectivity index (χ1) is 14.6. The standard InChI is InChI=1S/C22H24N4O4/c1-14-13-25(7-8-26(14)17-3-5-19-15(10-17)6-9-29-19)21(27)12-23-16-2-4-18-20(11-16)30-22(28)24-18/h2-5,10-11,14,23H,6-9,12-13H2,1H3,(H,24,28)/t14-/m1/s1. The molecule has 2 aliphatic rings. The van der Waals surface area contributed by atoms with Crippen molar-refractivity contribution in [3.63, 3.8) is 0 Å². The molecule has 1 fully saturated rings. The Labute approximate surface area is 173 Å². The normalized spacial score (nSPS) is 18.4. The van der Waals surface area contributed by atoms with E-state index in [-0.39, 0.29) is 18.5 Å². The zero-order chi connectivity index (χ0) is 20.7.